The standard InChI is InChI=1S/C7H10N4O/c1-5-10-3-6(2-9-4-12)7(8)11-5/h3-4H,2H2,1H3,(H,9,12)(H2,8,10,11). The molecule has 0 aromatic carbocycles. The number of carbonyl (C=O) groups excluding carboxylic acids is 1. The van der Waals surface area contributed by atoms with Gasteiger partial charge in [0, 0.05) is 18.3 Å². The van der Waals surface area contributed by atoms with Crippen LogP contribution in [-0.4, -0.2) is 16.4 Å². The van der Waals surface area contributed by atoms with Gasteiger partial charge in [-0.1, -0.05) is 0 Å². The first-order valence-electron chi connectivity index (χ1n) is 3.49. The highest BCUT2D eigenvalue weighted by atomic mass is 16.1. The third-order valence-electron chi connectivity index (χ3n) is 1.39. The molecular weight excluding hydrogens is 156 g/mol. The molecule has 12 heavy (non-hydrogen) atoms. The van der Waals surface area contributed by atoms with Crippen molar-refractivity contribution in [3.8, 4) is 0 Å². The number of amides is 1. The molecule has 1 rings (SSSR count). The highest BCUT2D eigenvalue weighted by Crippen LogP contribution is 2.05. The summed E-state index contributed by atoms with van der Waals surface area (Å²) in [6, 6.07) is 0. The molecule has 1 amide bonds. The minimum absolute atomic E-state index is 0.371. The largest absolute Gasteiger partial charge is 0.383 e. The predicted octanol–water partition coefficient (Wildman–Crippen LogP) is -0.387. The molecule has 0 saturated carbocycles. The minimum Gasteiger partial charge on any atom is -0.383 e. The second kappa shape index (κ2) is 3.66. The number of carbonyl (C=O) groups is 1. The number of rotatable bonds is 3. The Balaban J connectivity index is 2.78. The Labute approximate surface area is 70.0 Å². The number of nitrogens with one attached hydrogen (secondary N) is 1. The average Bonchev–Trinajstić information content (AvgIpc) is 2.03. The van der Waals surface area contributed by atoms with Gasteiger partial charge < -0.3 is 11.1 Å². The molecule has 5 nitrogen and oxygen atoms in total. The van der Waals surface area contributed by atoms with Crippen molar-refractivity contribution >= 4 is 12.2 Å². The van der Waals surface area contributed by atoms with E-state index in [9.17, 15) is 4.79 Å². The number of hydrogen-bond donors (Lipinski definition) is 2. The number of anilines is 1. The van der Waals surface area contributed by atoms with Crippen molar-refractivity contribution in [2.24, 2.45) is 0 Å². The van der Waals surface area contributed by atoms with E-state index in [1.165, 1.54) is 0 Å². The monoisotopic (exact) mass is 166 g/mol. The van der Waals surface area contributed by atoms with E-state index < -0.39 is 0 Å². The summed E-state index contributed by atoms with van der Waals surface area (Å²) in [4.78, 5) is 17.8. The summed E-state index contributed by atoms with van der Waals surface area (Å²) in [5.74, 6) is 1.04. The van der Waals surface area contributed by atoms with Gasteiger partial charge in [-0.05, 0) is 6.92 Å². The molecule has 0 spiro atoms. The second-order valence-corrected chi connectivity index (χ2v) is 2.33. The van der Waals surface area contributed by atoms with Crippen LogP contribution in [0.4, 0.5) is 5.82 Å². The lowest BCUT2D eigenvalue weighted by molar-refractivity contribution is -0.109. The highest BCUT2D eigenvalue weighted by Gasteiger charge is 1.99. The predicted molar refractivity (Wildman–Crippen MR) is 44.1 cm³/mol. The molecule has 3 N–H and O–H groups in total. The van der Waals surface area contributed by atoms with Crippen LogP contribution in [0.1, 0.15) is 11.4 Å². The molecule has 0 aliphatic rings. The van der Waals surface area contributed by atoms with Crippen LogP contribution in [0.25, 0.3) is 0 Å². The van der Waals surface area contributed by atoms with Gasteiger partial charge in [0.2, 0.25) is 6.41 Å². The van der Waals surface area contributed by atoms with Crippen LogP contribution in [0.15, 0.2) is 6.20 Å². The van der Waals surface area contributed by atoms with Crippen molar-refractivity contribution in [1.29, 1.82) is 0 Å². The fraction of sp³-hybridized carbons (Fsp3) is 0.286. The van der Waals surface area contributed by atoms with Crippen molar-refractivity contribution < 1.29 is 4.79 Å². The summed E-state index contributed by atoms with van der Waals surface area (Å²) in [5.41, 5.74) is 6.28. The molecule has 64 valence electrons. The average molecular weight is 166 g/mol. The molecule has 0 aliphatic heterocycles. The van der Waals surface area contributed by atoms with Gasteiger partial charge in [-0.25, -0.2) is 9.97 Å². The molecule has 0 fully saturated rings. The van der Waals surface area contributed by atoms with E-state index >= 15 is 0 Å². The third kappa shape index (κ3) is 1.91. The molecule has 0 atom stereocenters. The summed E-state index contributed by atoms with van der Waals surface area (Å²) in [5, 5.41) is 2.48. The Bertz CT molecular complexity index is 287. The Morgan fingerprint density at radius 2 is 2.50 bits per heavy atom. The van der Waals surface area contributed by atoms with Crippen LogP contribution in [0.2, 0.25) is 0 Å². The van der Waals surface area contributed by atoms with E-state index in [0.29, 0.717) is 24.6 Å². The van der Waals surface area contributed by atoms with Crippen LogP contribution in [0.3, 0.4) is 0 Å². The first kappa shape index (κ1) is 8.45. The van der Waals surface area contributed by atoms with Crippen LogP contribution in [0.5, 0.6) is 0 Å². The summed E-state index contributed by atoms with van der Waals surface area (Å²) < 4.78 is 0. The number of hydrogen-bond acceptors (Lipinski definition) is 4. The summed E-state index contributed by atoms with van der Waals surface area (Å²) in [6.45, 7) is 2.13. The lowest BCUT2D eigenvalue weighted by atomic mass is 10.3. The quantitative estimate of drug-likeness (QED) is 0.599. The van der Waals surface area contributed by atoms with Crippen LogP contribution < -0.4 is 11.1 Å². The maximum atomic E-state index is 9.96. The molecule has 0 radical (unpaired) electrons. The van der Waals surface area contributed by atoms with Gasteiger partial charge in [0.25, 0.3) is 0 Å². The Morgan fingerprint density at radius 1 is 1.75 bits per heavy atom. The van der Waals surface area contributed by atoms with Crippen molar-refractivity contribution in [2.75, 3.05) is 5.73 Å². The van der Waals surface area contributed by atoms with Gasteiger partial charge >= 0.3 is 0 Å². The normalized spacial score (nSPS) is 9.42. The fourth-order valence-electron chi connectivity index (χ4n) is 0.800. The van der Waals surface area contributed by atoms with Gasteiger partial charge in [0.05, 0.1) is 0 Å². The van der Waals surface area contributed by atoms with Gasteiger partial charge in [-0.3, -0.25) is 4.79 Å². The first-order valence-corrected chi connectivity index (χ1v) is 3.49. The lowest BCUT2D eigenvalue weighted by Crippen LogP contribution is -2.13. The van der Waals surface area contributed by atoms with Crippen molar-refractivity contribution in [3.05, 3.63) is 17.6 Å². The fourth-order valence-corrected chi connectivity index (χ4v) is 0.800. The minimum atomic E-state index is 0.371. The summed E-state index contributed by atoms with van der Waals surface area (Å²) in [7, 11) is 0. The zero-order chi connectivity index (χ0) is 8.97. The van der Waals surface area contributed by atoms with Gasteiger partial charge in [0.1, 0.15) is 11.6 Å². The topological polar surface area (TPSA) is 80.9 Å². The van der Waals surface area contributed by atoms with Crippen LogP contribution >= 0.6 is 0 Å². The molecule has 0 bridgehead atoms. The van der Waals surface area contributed by atoms with Crippen LogP contribution in [0, 0.1) is 6.92 Å². The molecule has 1 aromatic heterocycles. The van der Waals surface area contributed by atoms with E-state index in [4.69, 9.17) is 5.73 Å². The molecule has 0 unspecified atom stereocenters. The Morgan fingerprint density at radius 3 is 3.08 bits per heavy atom. The zero-order valence-electron chi connectivity index (χ0n) is 6.74. The zero-order valence-corrected chi connectivity index (χ0v) is 6.74. The second-order valence-electron chi connectivity index (χ2n) is 2.33. The van der Waals surface area contributed by atoms with Gasteiger partial charge in [-0.15, -0.1) is 0 Å². The van der Waals surface area contributed by atoms with E-state index in [-0.39, 0.29) is 0 Å². The Kier molecular flexibility index (Phi) is 2.57. The summed E-state index contributed by atoms with van der Waals surface area (Å²) in [6.07, 6.45) is 2.22. The Hall–Kier alpha value is -1.65. The smallest absolute Gasteiger partial charge is 0.207 e. The number of aryl methyl sites for hydroxylation is 1. The van der Waals surface area contributed by atoms with Gasteiger partial charge in [0.15, 0.2) is 0 Å². The maximum Gasteiger partial charge on any atom is 0.207 e. The van der Waals surface area contributed by atoms with Crippen molar-refractivity contribution in [3.63, 3.8) is 0 Å². The molecule has 5 heteroatoms. The van der Waals surface area contributed by atoms with E-state index in [1.807, 2.05) is 0 Å². The van der Waals surface area contributed by atoms with Crippen molar-refractivity contribution in [1.82, 2.24) is 15.3 Å². The number of nitrogens with zero attached hydrogens (tertiary/aromatic N) is 2. The SMILES string of the molecule is Cc1ncc(CNC=O)c(N)n1. The highest BCUT2D eigenvalue weighted by molar-refractivity contribution is 5.48. The van der Waals surface area contributed by atoms with Crippen LogP contribution in [-0.2, 0) is 11.3 Å². The molecule has 0 aliphatic carbocycles. The molecule has 1 aromatic rings. The summed E-state index contributed by atoms with van der Waals surface area (Å²) >= 11 is 0. The van der Waals surface area contributed by atoms with Crippen molar-refractivity contribution in [2.45, 2.75) is 13.5 Å². The molecule has 1 heterocycles. The van der Waals surface area contributed by atoms with E-state index in [0.717, 1.165) is 5.56 Å². The third-order valence-corrected chi connectivity index (χ3v) is 1.39. The number of nitrogen functional groups attached to an aromatic ring is 1. The first-order chi connectivity index (χ1) is 5.74. The molecule has 0 saturated heterocycles. The van der Waals surface area contributed by atoms with E-state index in [2.05, 4.69) is 15.3 Å². The number of nitrogens with two attached hydrogens (primary N) is 1. The van der Waals surface area contributed by atoms with Gasteiger partial charge in [-0.2, -0.15) is 0 Å². The maximum absolute atomic E-state index is 9.96. The molecular formula is C7H10N4O. The lowest BCUT2D eigenvalue weighted by Gasteiger charge is -2.02. The van der Waals surface area contributed by atoms with E-state index in [1.54, 1.807) is 13.1 Å². The number of aromatic nitrogens is 2.